The van der Waals surface area contributed by atoms with E-state index < -0.39 is 18.0 Å². The average Bonchev–Trinajstić information content (AvgIpc) is 2.15. The zero-order valence-electron chi connectivity index (χ0n) is 8.86. The summed E-state index contributed by atoms with van der Waals surface area (Å²) in [6.45, 7) is 1.86. The minimum Gasteiger partial charge on any atom is -0.392 e. The van der Waals surface area contributed by atoms with Crippen molar-refractivity contribution in [2.45, 2.75) is 19.2 Å². The minimum atomic E-state index is -4.48. The molecule has 1 heterocycles. The standard InChI is InChI=1S/C9H12F3N3O/c1-6(16)5-15(2)8-4-3-7(13-14-8)9(10,11)12/h3-4,6,16H,5H2,1-2H3. The van der Waals surface area contributed by atoms with Gasteiger partial charge in [0.05, 0.1) is 6.10 Å². The monoisotopic (exact) mass is 235 g/mol. The quantitative estimate of drug-likeness (QED) is 0.858. The second-order valence-electron chi connectivity index (χ2n) is 3.50. The molecule has 4 nitrogen and oxygen atoms in total. The highest BCUT2D eigenvalue weighted by atomic mass is 19.4. The molecular formula is C9H12F3N3O. The Hall–Kier alpha value is -1.37. The van der Waals surface area contributed by atoms with Crippen molar-refractivity contribution in [3.63, 3.8) is 0 Å². The number of hydrogen-bond donors (Lipinski definition) is 1. The molecule has 0 aliphatic heterocycles. The predicted molar refractivity (Wildman–Crippen MR) is 52.0 cm³/mol. The Balaban J connectivity index is 2.79. The van der Waals surface area contributed by atoms with Gasteiger partial charge in [0.15, 0.2) is 11.5 Å². The first-order chi connectivity index (χ1) is 7.30. The van der Waals surface area contributed by atoms with Crippen molar-refractivity contribution < 1.29 is 18.3 Å². The van der Waals surface area contributed by atoms with E-state index >= 15 is 0 Å². The van der Waals surface area contributed by atoms with Crippen LogP contribution in [0.5, 0.6) is 0 Å². The fourth-order valence-electron chi connectivity index (χ4n) is 1.17. The maximum Gasteiger partial charge on any atom is 0.435 e. The van der Waals surface area contributed by atoms with E-state index in [1.807, 2.05) is 0 Å². The summed E-state index contributed by atoms with van der Waals surface area (Å²) in [6, 6.07) is 2.08. The highest BCUT2D eigenvalue weighted by molar-refractivity contribution is 5.36. The molecule has 1 N–H and O–H groups in total. The number of anilines is 1. The van der Waals surface area contributed by atoms with Crippen molar-refractivity contribution in [3.05, 3.63) is 17.8 Å². The molecular weight excluding hydrogens is 223 g/mol. The van der Waals surface area contributed by atoms with Gasteiger partial charge in [0.2, 0.25) is 0 Å². The number of aliphatic hydroxyl groups excluding tert-OH is 1. The first-order valence-electron chi connectivity index (χ1n) is 4.61. The zero-order chi connectivity index (χ0) is 12.3. The average molecular weight is 235 g/mol. The van der Waals surface area contributed by atoms with E-state index in [4.69, 9.17) is 5.11 Å². The van der Waals surface area contributed by atoms with E-state index in [1.165, 1.54) is 11.0 Å². The van der Waals surface area contributed by atoms with Gasteiger partial charge >= 0.3 is 6.18 Å². The lowest BCUT2D eigenvalue weighted by Crippen LogP contribution is -2.28. The van der Waals surface area contributed by atoms with Crippen molar-refractivity contribution in [2.75, 3.05) is 18.5 Å². The van der Waals surface area contributed by atoms with Crippen LogP contribution in [0.2, 0.25) is 0 Å². The molecule has 0 saturated carbocycles. The molecule has 7 heteroatoms. The maximum atomic E-state index is 12.2. The Morgan fingerprint density at radius 1 is 1.38 bits per heavy atom. The summed E-state index contributed by atoms with van der Waals surface area (Å²) in [7, 11) is 1.62. The van der Waals surface area contributed by atoms with E-state index in [0.717, 1.165) is 6.07 Å². The molecule has 16 heavy (non-hydrogen) atoms. The summed E-state index contributed by atoms with van der Waals surface area (Å²) in [5.41, 5.74) is -1.03. The van der Waals surface area contributed by atoms with Gasteiger partial charge in [0.1, 0.15) is 0 Å². The summed E-state index contributed by atoms with van der Waals surface area (Å²) in [4.78, 5) is 1.53. The van der Waals surface area contributed by atoms with E-state index in [9.17, 15) is 13.2 Å². The minimum absolute atomic E-state index is 0.278. The van der Waals surface area contributed by atoms with E-state index in [-0.39, 0.29) is 12.4 Å². The van der Waals surface area contributed by atoms with Gasteiger partial charge in [0.25, 0.3) is 0 Å². The molecule has 0 amide bonds. The number of hydrogen-bond acceptors (Lipinski definition) is 4. The molecule has 1 unspecified atom stereocenters. The van der Waals surface area contributed by atoms with Crippen LogP contribution >= 0.6 is 0 Å². The molecule has 90 valence electrons. The fraction of sp³-hybridized carbons (Fsp3) is 0.556. The number of aliphatic hydroxyl groups is 1. The highest BCUT2D eigenvalue weighted by Gasteiger charge is 2.32. The zero-order valence-corrected chi connectivity index (χ0v) is 8.86. The fourth-order valence-corrected chi connectivity index (χ4v) is 1.17. The molecule has 0 fully saturated rings. The Morgan fingerprint density at radius 3 is 2.38 bits per heavy atom. The topological polar surface area (TPSA) is 49.2 Å². The third-order valence-corrected chi connectivity index (χ3v) is 1.87. The molecule has 1 aromatic rings. The van der Waals surface area contributed by atoms with E-state index in [2.05, 4.69) is 10.2 Å². The number of likely N-dealkylation sites (N-methyl/N-ethyl adjacent to an activating group) is 1. The second-order valence-corrected chi connectivity index (χ2v) is 3.50. The lowest BCUT2D eigenvalue weighted by molar-refractivity contribution is -0.141. The number of rotatable bonds is 3. The molecule has 0 radical (unpaired) electrons. The Labute approximate surface area is 90.7 Å². The third kappa shape index (κ3) is 3.34. The summed E-state index contributed by atoms with van der Waals surface area (Å²) in [5, 5.41) is 15.6. The Kier molecular flexibility index (Phi) is 3.69. The van der Waals surface area contributed by atoms with Gasteiger partial charge in [-0.2, -0.15) is 13.2 Å². The molecule has 0 spiro atoms. The van der Waals surface area contributed by atoms with E-state index in [0.29, 0.717) is 0 Å². The first kappa shape index (κ1) is 12.7. The van der Waals surface area contributed by atoms with Crippen molar-refractivity contribution in [2.24, 2.45) is 0 Å². The summed E-state index contributed by atoms with van der Waals surface area (Å²) in [5.74, 6) is 0.286. The van der Waals surface area contributed by atoms with Gasteiger partial charge < -0.3 is 10.0 Å². The van der Waals surface area contributed by atoms with Gasteiger partial charge in [-0.3, -0.25) is 0 Å². The van der Waals surface area contributed by atoms with Gasteiger partial charge in [-0.1, -0.05) is 0 Å². The normalized spacial score (nSPS) is 13.6. The van der Waals surface area contributed by atoms with E-state index in [1.54, 1.807) is 14.0 Å². The molecule has 1 rings (SSSR count). The molecule has 0 aliphatic carbocycles. The second kappa shape index (κ2) is 4.65. The maximum absolute atomic E-state index is 12.2. The molecule has 0 aliphatic rings. The lowest BCUT2D eigenvalue weighted by Gasteiger charge is -2.19. The Bertz CT molecular complexity index is 337. The summed E-state index contributed by atoms with van der Waals surface area (Å²) in [6.07, 6.45) is -5.07. The van der Waals surface area contributed by atoms with Crippen molar-refractivity contribution in [3.8, 4) is 0 Å². The molecule has 0 saturated heterocycles. The van der Waals surface area contributed by atoms with Crippen LogP contribution in [-0.2, 0) is 6.18 Å². The SMILES string of the molecule is CC(O)CN(C)c1ccc(C(F)(F)F)nn1. The van der Waals surface area contributed by atoms with Crippen molar-refractivity contribution >= 4 is 5.82 Å². The largest absolute Gasteiger partial charge is 0.435 e. The van der Waals surface area contributed by atoms with Crippen LogP contribution in [0.4, 0.5) is 19.0 Å². The van der Waals surface area contributed by atoms with Crippen molar-refractivity contribution in [1.82, 2.24) is 10.2 Å². The third-order valence-electron chi connectivity index (χ3n) is 1.87. The molecule has 1 atom stereocenters. The number of nitrogens with zero attached hydrogens (tertiary/aromatic N) is 3. The lowest BCUT2D eigenvalue weighted by atomic mass is 10.3. The number of aromatic nitrogens is 2. The number of alkyl halides is 3. The van der Waals surface area contributed by atoms with Gasteiger partial charge in [-0.25, -0.2) is 0 Å². The van der Waals surface area contributed by atoms with Gasteiger partial charge in [-0.15, -0.1) is 10.2 Å². The van der Waals surface area contributed by atoms with Crippen LogP contribution in [0, 0.1) is 0 Å². The van der Waals surface area contributed by atoms with Crippen LogP contribution in [0.1, 0.15) is 12.6 Å². The van der Waals surface area contributed by atoms with Crippen LogP contribution in [0.3, 0.4) is 0 Å². The van der Waals surface area contributed by atoms with Crippen LogP contribution in [0.15, 0.2) is 12.1 Å². The summed E-state index contributed by atoms with van der Waals surface area (Å²) >= 11 is 0. The molecule has 1 aromatic heterocycles. The summed E-state index contributed by atoms with van der Waals surface area (Å²) < 4.78 is 36.5. The smallest absolute Gasteiger partial charge is 0.392 e. The predicted octanol–water partition coefficient (Wildman–Crippen LogP) is 1.31. The van der Waals surface area contributed by atoms with Crippen LogP contribution in [0.25, 0.3) is 0 Å². The number of halogens is 3. The highest BCUT2D eigenvalue weighted by Crippen LogP contribution is 2.27. The van der Waals surface area contributed by atoms with Gasteiger partial charge in [0, 0.05) is 13.6 Å². The Morgan fingerprint density at radius 2 is 2.00 bits per heavy atom. The first-order valence-corrected chi connectivity index (χ1v) is 4.61. The molecule has 0 aromatic carbocycles. The van der Waals surface area contributed by atoms with Crippen molar-refractivity contribution in [1.29, 1.82) is 0 Å². The molecule has 0 bridgehead atoms. The van der Waals surface area contributed by atoms with Crippen LogP contribution < -0.4 is 4.90 Å². The van der Waals surface area contributed by atoms with Gasteiger partial charge in [-0.05, 0) is 19.1 Å². The van der Waals surface area contributed by atoms with Crippen LogP contribution in [-0.4, -0.2) is 35.0 Å².